The molecule has 1 aromatic carbocycles. The van der Waals surface area contributed by atoms with Crippen molar-refractivity contribution >= 4 is 0 Å². The molecule has 0 unspecified atom stereocenters. The normalized spacial score (nSPS) is 11.3. The van der Waals surface area contributed by atoms with Gasteiger partial charge in [-0.3, -0.25) is 0 Å². The summed E-state index contributed by atoms with van der Waals surface area (Å²) in [6.07, 6.45) is 1.84. The number of nitrogens with one attached hydrogen (secondary N) is 1. The Morgan fingerprint density at radius 3 is 2.37 bits per heavy atom. The van der Waals surface area contributed by atoms with Crippen LogP contribution in [0, 0.1) is 0 Å². The van der Waals surface area contributed by atoms with E-state index in [-0.39, 0.29) is 5.54 Å². The second kappa shape index (κ2) is 5.85. The van der Waals surface area contributed by atoms with E-state index in [9.17, 15) is 0 Å². The largest absolute Gasteiger partial charge is 0.439 e. The molecule has 0 aliphatic rings. The predicted molar refractivity (Wildman–Crippen MR) is 77.3 cm³/mol. The zero-order chi connectivity index (χ0) is 13.7. The first-order valence-electron chi connectivity index (χ1n) is 6.46. The van der Waals surface area contributed by atoms with Crippen molar-refractivity contribution in [1.82, 2.24) is 10.3 Å². The summed E-state index contributed by atoms with van der Waals surface area (Å²) in [6.45, 7) is 7.25. The Morgan fingerprint density at radius 1 is 1.05 bits per heavy atom. The van der Waals surface area contributed by atoms with E-state index < -0.39 is 0 Å². The zero-order valence-electron chi connectivity index (χ0n) is 11.7. The minimum absolute atomic E-state index is 0.110. The SMILES string of the molecule is CC(C)(C)NCc1ccc(Oc2ccccc2)nc1. The predicted octanol–water partition coefficient (Wildman–Crippen LogP) is 3.76. The number of benzene rings is 1. The fraction of sp³-hybridized carbons (Fsp3) is 0.312. The van der Waals surface area contributed by atoms with Crippen LogP contribution in [0.15, 0.2) is 48.7 Å². The maximum absolute atomic E-state index is 5.65. The molecule has 2 aromatic rings. The number of rotatable bonds is 4. The van der Waals surface area contributed by atoms with Gasteiger partial charge < -0.3 is 10.1 Å². The van der Waals surface area contributed by atoms with E-state index in [0.717, 1.165) is 17.9 Å². The summed E-state index contributed by atoms with van der Waals surface area (Å²) in [5.41, 5.74) is 1.26. The summed E-state index contributed by atoms with van der Waals surface area (Å²) in [4.78, 5) is 4.31. The van der Waals surface area contributed by atoms with Crippen molar-refractivity contribution in [2.24, 2.45) is 0 Å². The van der Waals surface area contributed by atoms with E-state index in [1.807, 2.05) is 48.7 Å². The van der Waals surface area contributed by atoms with Crippen LogP contribution in [0.25, 0.3) is 0 Å². The lowest BCUT2D eigenvalue weighted by Crippen LogP contribution is -2.35. The minimum Gasteiger partial charge on any atom is -0.439 e. The maximum Gasteiger partial charge on any atom is 0.219 e. The van der Waals surface area contributed by atoms with Crippen molar-refractivity contribution in [2.45, 2.75) is 32.9 Å². The molecule has 0 radical (unpaired) electrons. The molecule has 1 N–H and O–H groups in total. The van der Waals surface area contributed by atoms with Gasteiger partial charge in [0.1, 0.15) is 5.75 Å². The molecule has 0 saturated heterocycles. The minimum atomic E-state index is 0.110. The van der Waals surface area contributed by atoms with Crippen molar-refractivity contribution in [3.05, 3.63) is 54.2 Å². The molecule has 1 aromatic heterocycles. The highest BCUT2D eigenvalue weighted by Gasteiger charge is 2.08. The smallest absolute Gasteiger partial charge is 0.219 e. The highest BCUT2D eigenvalue weighted by atomic mass is 16.5. The summed E-state index contributed by atoms with van der Waals surface area (Å²) in [5, 5.41) is 3.43. The second-order valence-corrected chi connectivity index (χ2v) is 5.52. The van der Waals surface area contributed by atoms with Gasteiger partial charge in [-0.2, -0.15) is 0 Å². The fourth-order valence-electron chi connectivity index (χ4n) is 1.55. The van der Waals surface area contributed by atoms with Crippen molar-refractivity contribution in [3.63, 3.8) is 0 Å². The lowest BCUT2D eigenvalue weighted by atomic mass is 10.1. The van der Waals surface area contributed by atoms with Crippen LogP contribution in [0.5, 0.6) is 11.6 Å². The third-order valence-corrected chi connectivity index (χ3v) is 2.59. The highest BCUT2D eigenvalue weighted by Crippen LogP contribution is 2.18. The quantitative estimate of drug-likeness (QED) is 0.904. The summed E-state index contributed by atoms with van der Waals surface area (Å²) in [7, 11) is 0. The molecule has 3 heteroatoms. The first-order valence-corrected chi connectivity index (χ1v) is 6.46. The van der Waals surface area contributed by atoms with E-state index in [4.69, 9.17) is 4.74 Å². The Kier molecular flexibility index (Phi) is 4.17. The van der Waals surface area contributed by atoms with E-state index in [0.29, 0.717) is 5.88 Å². The van der Waals surface area contributed by atoms with Gasteiger partial charge in [0.2, 0.25) is 5.88 Å². The lowest BCUT2D eigenvalue weighted by Gasteiger charge is -2.20. The molecule has 0 spiro atoms. The molecule has 19 heavy (non-hydrogen) atoms. The van der Waals surface area contributed by atoms with Gasteiger partial charge in [0.25, 0.3) is 0 Å². The molecule has 0 atom stereocenters. The maximum atomic E-state index is 5.65. The summed E-state index contributed by atoms with van der Waals surface area (Å²) in [5.74, 6) is 1.42. The number of ether oxygens (including phenoxy) is 1. The summed E-state index contributed by atoms with van der Waals surface area (Å²) < 4.78 is 5.65. The Morgan fingerprint density at radius 2 is 1.79 bits per heavy atom. The Labute approximate surface area is 114 Å². The third kappa shape index (κ3) is 4.72. The molecule has 0 saturated carbocycles. The number of hydrogen-bond acceptors (Lipinski definition) is 3. The van der Waals surface area contributed by atoms with Crippen LogP contribution in [0.1, 0.15) is 26.3 Å². The van der Waals surface area contributed by atoms with Gasteiger partial charge in [-0.05, 0) is 38.5 Å². The number of nitrogens with zero attached hydrogens (tertiary/aromatic N) is 1. The number of hydrogen-bond donors (Lipinski definition) is 1. The van der Waals surface area contributed by atoms with E-state index in [1.165, 1.54) is 0 Å². The van der Waals surface area contributed by atoms with Crippen LogP contribution >= 0.6 is 0 Å². The Bertz CT molecular complexity index is 501. The van der Waals surface area contributed by atoms with Crippen molar-refractivity contribution in [3.8, 4) is 11.6 Å². The molecular weight excluding hydrogens is 236 g/mol. The first kappa shape index (κ1) is 13.6. The van der Waals surface area contributed by atoms with Crippen molar-refractivity contribution in [1.29, 1.82) is 0 Å². The van der Waals surface area contributed by atoms with Gasteiger partial charge in [-0.15, -0.1) is 0 Å². The third-order valence-electron chi connectivity index (χ3n) is 2.59. The van der Waals surface area contributed by atoms with Gasteiger partial charge in [0.15, 0.2) is 0 Å². The van der Waals surface area contributed by atoms with Crippen molar-refractivity contribution < 1.29 is 4.74 Å². The molecule has 0 aliphatic carbocycles. The molecule has 3 nitrogen and oxygen atoms in total. The summed E-state index contributed by atoms with van der Waals surface area (Å²) in [6, 6.07) is 13.6. The Balaban J connectivity index is 1.95. The molecule has 0 aliphatic heterocycles. The van der Waals surface area contributed by atoms with Gasteiger partial charge in [-0.25, -0.2) is 4.98 Å². The first-order chi connectivity index (χ1) is 9.03. The van der Waals surface area contributed by atoms with E-state index in [2.05, 4.69) is 31.1 Å². The number of pyridine rings is 1. The standard InChI is InChI=1S/C16H20N2O/c1-16(2,3)18-12-13-9-10-15(17-11-13)19-14-7-5-4-6-8-14/h4-11,18H,12H2,1-3H3. The molecule has 0 bridgehead atoms. The molecule has 2 rings (SSSR count). The van der Waals surface area contributed by atoms with Crippen LogP contribution in [0.2, 0.25) is 0 Å². The van der Waals surface area contributed by atoms with Crippen molar-refractivity contribution in [2.75, 3.05) is 0 Å². The highest BCUT2D eigenvalue weighted by molar-refractivity contribution is 5.27. The topological polar surface area (TPSA) is 34.1 Å². The molecule has 0 amide bonds. The number of para-hydroxylation sites is 1. The Hall–Kier alpha value is -1.87. The van der Waals surface area contributed by atoms with Crippen LogP contribution < -0.4 is 10.1 Å². The fourth-order valence-corrected chi connectivity index (χ4v) is 1.55. The second-order valence-electron chi connectivity index (χ2n) is 5.52. The van der Waals surface area contributed by atoms with Crippen LogP contribution in [-0.4, -0.2) is 10.5 Å². The molecular formula is C16H20N2O. The molecule has 0 fully saturated rings. The number of aromatic nitrogens is 1. The lowest BCUT2D eigenvalue weighted by molar-refractivity contribution is 0.423. The van der Waals surface area contributed by atoms with Gasteiger partial charge in [-0.1, -0.05) is 24.3 Å². The van der Waals surface area contributed by atoms with Crippen LogP contribution in [0.3, 0.4) is 0 Å². The average molecular weight is 256 g/mol. The van der Waals surface area contributed by atoms with Gasteiger partial charge in [0, 0.05) is 24.3 Å². The van der Waals surface area contributed by atoms with Crippen LogP contribution in [0.4, 0.5) is 0 Å². The van der Waals surface area contributed by atoms with Gasteiger partial charge in [0.05, 0.1) is 0 Å². The summed E-state index contributed by atoms with van der Waals surface area (Å²) >= 11 is 0. The van der Waals surface area contributed by atoms with Crippen LogP contribution in [-0.2, 0) is 6.54 Å². The average Bonchev–Trinajstić information content (AvgIpc) is 2.38. The van der Waals surface area contributed by atoms with Gasteiger partial charge >= 0.3 is 0 Å². The zero-order valence-corrected chi connectivity index (χ0v) is 11.7. The molecule has 100 valence electrons. The van der Waals surface area contributed by atoms with E-state index >= 15 is 0 Å². The molecule has 1 heterocycles. The monoisotopic (exact) mass is 256 g/mol. The van der Waals surface area contributed by atoms with E-state index in [1.54, 1.807) is 0 Å².